The molecule has 1 nitrogen and oxygen atoms in total. The van der Waals surface area contributed by atoms with E-state index in [0.29, 0.717) is 5.56 Å². The van der Waals surface area contributed by atoms with Gasteiger partial charge >= 0.3 is 0 Å². The molecule has 0 bridgehead atoms. The van der Waals surface area contributed by atoms with Crippen molar-refractivity contribution in [3.8, 4) is 0 Å². The van der Waals surface area contributed by atoms with E-state index in [1.807, 2.05) is 6.92 Å². The van der Waals surface area contributed by atoms with E-state index in [0.717, 1.165) is 24.0 Å². The SMILES string of the molecule is CC1([C@](C)(O)c2cc(F)cc(F)c2)SCCCS1. The highest BCUT2D eigenvalue weighted by molar-refractivity contribution is 8.18. The first-order valence-electron chi connectivity index (χ1n) is 5.82. The molecule has 100 valence electrons. The second kappa shape index (κ2) is 5.02. The summed E-state index contributed by atoms with van der Waals surface area (Å²) in [7, 11) is 0. The molecule has 1 aliphatic heterocycles. The maximum absolute atomic E-state index is 13.3. The van der Waals surface area contributed by atoms with E-state index in [1.165, 1.54) is 12.1 Å². The number of thioether (sulfide) groups is 2. The molecule has 5 heteroatoms. The molecule has 0 radical (unpaired) electrons. The third-order valence-corrected chi connectivity index (χ3v) is 6.94. The van der Waals surface area contributed by atoms with Crippen molar-refractivity contribution < 1.29 is 13.9 Å². The van der Waals surface area contributed by atoms with Gasteiger partial charge in [0, 0.05) is 6.07 Å². The highest BCUT2D eigenvalue weighted by Gasteiger charge is 2.47. The smallest absolute Gasteiger partial charge is 0.126 e. The van der Waals surface area contributed by atoms with Crippen LogP contribution in [0.5, 0.6) is 0 Å². The Morgan fingerprint density at radius 1 is 1.17 bits per heavy atom. The standard InChI is InChI=1S/C13H16F2OS2/c1-12(16,13(2)17-4-3-5-18-13)9-6-10(14)8-11(15)7-9/h6-8,16H,3-5H2,1-2H3/t12-/m1/s1. The van der Waals surface area contributed by atoms with Gasteiger partial charge in [0.05, 0.1) is 4.08 Å². The second-order valence-electron chi connectivity index (χ2n) is 4.73. The van der Waals surface area contributed by atoms with Gasteiger partial charge in [-0.3, -0.25) is 0 Å². The summed E-state index contributed by atoms with van der Waals surface area (Å²) in [5, 5.41) is 10.7. The van der Waals surface area contributed by atoms with E-state index in [9.17, 15) is 13.9 Å². The molecule has 0 saturated carbocycles. The molecule has 1 saturated heterocycles. The van der Waals surface area contributed by atoms with Crippen molar-refractivity contribution >= 4 is 23.5 Å². The molecule has 1 aromatic carbocycles. The molecule has 0 spiro atoms. The zero-order valence-corrected chi connectivity index (χ0v) is 12.0. The van der Waals surface area contributed by atoms with E-state index in [2.05, 4.69) is 0 Å². The van der Waals surface area contributed by atoms with Crippen LogP contribution in [-0.4, -0.2) is 20.7 Å². The minimum atomic E-state index is -1.27. The van der Waals surface area contributed by atoms with Crippen LogP contribution in [0.15, 0.2) is 18.2 Å². The lowest BCUT2D eigenvalue weighted by Gasteiger charge is -2.44. The van der Waals surface area contributed by atoms with E-state index in [1.54, 1.807) is 30.4 Å². The Bertz CT molecular complexity index is 422. The topological polar surface area (TPSA) is 20.2 Å². The third-order valence-electron chi connectivity index (χ3n) is 3.35. The van der Waals surface area contributed by atoms with Gasteiger partial charge in [-0.15, -0.1) is 23.5 Å². The zero-order valence-electron chi connectivity index (χ0n) is 10.4. The molecule has 1 heterocycles. The average Bonchev–Trinajstić information content (AvgIpc) is 2.28. The van der Waals surface area contributed by atoms with Crippen LogP contribution >= 0.6 is 23.5 Å². The molecule has 2 rings (SSSR count). The van der Waals surface area contributed by atoms with Crippen molar-refractivity contribution in [2.45, 2.75) is 29.9 Å². The number of aliphatic hydroxyl groups is 1. The maximum Gasteiger partial charge on any atom is 0.126 e. The Kier molecular flexibility index (Phi) is 3.95. The molecular formula is C13H16F2OS2. The zero-order chi connectivity index (χ0) is 13.4. The first-order valence-corrected chi connectivity index (χ1v) is 7.79. The normalized spacial score (nSPS) is 22.5. The molecular weight excluding hydrogens is 274 g/mol. The quantitative estimate of drug-likeness (QED) is 0.895. The number of rotatable bonds is 2. The number of benzene rings is 1. The Labute approximate surface area is 114 Å². The predicted molar refractivity (Wildman–Crippen MR) is 73.9 cm³/mol. The molecule has 1 fully saturated rings. The summed E-state index contributed by atoms with van der Waals surface area (Å²) in [5.41, 5.74) is -0.976. The summed E-state index contributed by atoms with van der Waals surface area (Å²) in [6.45, 7) is 3.57. The summed E-state index contributed by atoms with van der Waals surface area (Å²) < 4.78 is 26.1. The fourth-order valence-electron chi connectivity index (χ4n) is 2.01. The van der Waals surface area contributed by atoms with E-state index in [-0.39, 0.29) is 0 Å². The second-order valence-corrected chi connectivity index (χ2v) is 8.01. The molecule has 0 aromatic heterocycles. The molecule has 18 heavy (non-hydrogen) atoms. The lowest BCUT2D eigenvalue weighted by Crippen LogP contribution is -2.44. The molecule has 1 N–H and O–H groups in total. The Balaban J connectivity index is 2.39. The number of hydrogen-bond acceptors (Lipinski definition) is 3. The minimum absolute atomic E-state index is 0.296. The Morgan fingerprint density at radius 3 is 2.17 bits per heavy atom. The van der Waals surface area contributed by atoms with E-state index in [4.69, 9.17) is 0 Å². The first kappa shape index (κ1) is 14.2. The van der Waals surface area contributed by atoms with Crippen LogP contribution in [0.2, 0.25) is 0 Å². The summed E-state index contributed by atoms with van der Waals surface area (Å²) in [6.07, 6.45) is 1.10. The van der Waals surface area contributed by atoms with Gasteiger partial charge in [0.1, 0.15) is 17.2 Å². The van der Waals surface area contributed by atoms with Crippen molar-refractivity contribution in [2.75, 3.05) is 11.5 Å². The van der Waals surface area contributed by atoms with Gasteiger partial charge in [-0.25, -0.2) is 8.78 Å². The van der Waals surface area contributed by atoms with E-state index >= 15 is 0 Å². The summed E-state index contributed by atoms with van der Waals surface area (Å²) in [5.74, 6) is 0.605. The fraction of sp³-hybridized carbons (Fsp3) is 0.538. The highest BCUT2D eigenvalue weighted by Crippen LogP contribution is 2.53. The summed E-state index contributed by atoms with van der Waals surface area (Å²) in [6, 6.07) is 3.25. The van der Waals surface area contributed by atoms with Crippen molar-refractivity contribution in [3.05, 3.63) is 35.4 Å². The molecule has 1 aromatic rings. The van der Waals surface area contributed by atoms with Gasteiger partial charge < -0.3 is 5.11 Å². The number of hydrogen-bond donors (Lipinski definition) is 1. The summed E-state index contributed by atoms with van der Waals surface area (Å²) >= 11 is 3.29. The Morgan fingerprint density at radius 2 is 1.67 bits per heavy atom. The lowest BCUT2D eigenvalue weighted by molar-refractivity contribution is 0.0481. The number of halogens is 2. The van der Waals surface area contributed by atoms with Crippen LogP contribution in [0, 0.1) is 11.6 Å². The third kappa shape index (κ3) is 2.53. The van der Waals surface area contributed by atoms with Crippen molar-refractivity contribution in [3.63, 3.8) is 0 Å². The Hall–Kier alpha value is -0.260. The highest BCUT2D eigenvalue weighted by atomic mass is 32.2. The van der Waals surface area contributed by atoms with Gasteiger partial charge in [0.15, 0.2) is 0 Å². The van der Waals surface area contributed by atoms with Crippen LogP contribution in [0.4, 0.5) is 8.78 Å². The van der Waals surface area contributed by atoms with Gasteiger partial charge in [0.2, 0.25) is 0 Å². The van der Waals surface area contributed by atoms with E-state index < -0.39 is 21.3 Å². The fourth-order valence-corrected chi connectivity index (χ4v) is 5.18. The van der Waals surface area contributed by atoms with Crippen molar-refractivity contribution in [1.29, 1.82) is 0 Å². The predicted octanol–water partition coefficient (Wildman–Crippen LogP) is 3.76. The van der Waals surface area contributed by atoms with Crippen LogP contribution in [0.3, 0.4) is 0 Å². The largest absolute Gasteiger partial charge is 0.383 e. The summed E-state index contributed by atoms with van der Waals surface area (Å²) in [4.78, 5) is 0. The van der Waals surface area contributed by atoms with Crippen molar-refractivity contribution in [2.24, 2.45) is 0 Å². The molecule has 1 atom stereocenters. The van der Waals surface area contributed by atoms with Gasteiger partial charge in [0.25, 0.3) is 0 Å². The monoisotopic (exact) mass is 290 g/mol. The van der Waals surface area contributed by atoms with Gasteiger partial charge in [-0.1, -0.05) is 0 Å². The average molecular weight is 290 g/mol. The lowest BCUT2D eigenvalue weighted by atomic mass is 9.92. The molecule has 0 unspecified atom stereocenters. The van der Waals surface area contributed by atoms with Gasteiger partial charge in [-0.2, -0.15) is 0 Å². The minimum Gasteiger partial charge on any atom is -0.383 e. The maximum atomic E-state index is 13.3. The molecule has 1 aliphatic rings. The van der Waals surface area contributed by atoms with Crippen LogP contribution in [0.1, 0.15) is 25.8 Å². The molecule has 0 amide bonds. The van der Waals surface area contributed by atoms with Crippen molar-refractivity contribution in [1.82, 2.24) is 0 Å². The van der Waals surface area contributed by atoms with Crippen LogP contribution < -0.4 is 0 Å². The molecule has 0 aliphatic carbocycles. The van der Waals surface area contributed by atoms with Gasteiger partial charge in [-0.05, 0) is 49.5 Å². The first-order chi connectivity index (χ1) is 8.35. The van der Waals surface area contributed by atoms with Crippen LogP contribution in [-0.2, 0) is 5.60 Å². The van der Waals surface area contributed by atoms with Crippen LogP contribution in [0.25, 0.3) is 0 Å².